The van der Waals surface area contributed by atoms with Crippen LogP contribution in [0.3, 0.4) is 0 Å². The Morgan fingerprint density at radius 2 is 2.29 bits per heavy atom. The molecule has 1 fully saturated rings. The highest BCUT2D eigenvalue weighted by atomic mass is 16.4. The lowest BCUT2D eigenvalue weighted by Crippen LogP contribution is -2.31. The van der Waals surface area contributed by atoms with E-state index in [2.05, 4.69) is 4.90 Å². The second-order valence-corrected chi connectivity index (χ2v) is 4.90. The van der Waals surface area contributed by atoms with Crippen LogP contribution < -0.4 is 0 Å². The summed E-state index contributed by atoms with van der Waals surface area (Å²) < 4.78 is 5.26. The van der Waals surface area contributed by atoms with Gasteiger partial charge in [0.15, 0.2) is 0 Å². The number of aliphatic hydroxyl groups is 1. The zero-order valence-corrected chi connectivity index (χ0v) is 10.0. The summed E-state index contributed by atoms with van der Waals surface area (Å²) in [4.78, 5) is 12.8. The van der Waals surface area contributed by atoms with Gasteiger partial charge >= 0.3 is 5.97 Å². The van der Waals surface area contributed by atoms with E-state index in [0.29, 0.717) is 12.3 Å². The Labute approximate surface area is 99.6 Å². The second-order valence-electron chi connectivity index (χ2n) is 4.90. The van der Waals surface area contributed by atoms with E-state index in [1.54, 1.807) is 6.07 Å². The Kier molecular flexibility index (Phi) is 2.97. The van der Waals surface area contributed by atoms with Crippen LogP contribution in [0.25, 0.3) is 0 Å². The molecule has 0 radical (unpaired) electrons. The zero-order chi connectivity index (χ0) is 12.6. The number of carboxylic acids is 1. The second kappa shape index (κ2) is 4.16. The van der Waals surface area contributed by atoms with Crippen LogP contribution in [0.2, 0.25) is 0 Å². The van der Waals surface area contributed by atoms with Crippen LogP contribution in [-0.4, -0.2) is 39.8 Å². The van der Waals surface area contributed by atoms with Crippen molar-refractivity contribution in [3.05, 3.63) is 23.7 Å². The number of rotatable bonds is 3. The molecule has 0 saturated carbocycles. The van der Waals surface area contributed by atoms with Crippen LogP contribution in [0.15, 0.2) is 16.5 Å². The van der Waals surface area contributed by atoms with Gasteiger partial charge in [0, 0.05) is 13.1 Å². The fourth-order valence-electron chi connectivity index (χ4n) is 2.18. The van der Waals surface area contributed by atoms with E-state index < -0.39 is 11.6 Å². The third-order valence-electron chi connectivity index (χ3n) is 3.28. The van der Waals surface area contributed by atoms with Crippen molar-refractivity contribution in [2.45, 2.75) is 31.9 Å². The van der Waals surface area contributed by atoms with Gasteiger partial charge in [-0.2, -0.15) is 0 Å². The molecule has 1 aliphatic rings. The average molecular weight is 239 g/mol. The number of aromatic carboxylic acids is 1. The summed E-state index contributed by atoms with van der Waals surface area (Å²) in [6.07, 6.45) is 0.726. The topological polar surface area (TPSA) is 73.9 Å². The summed E-state index contributed by atoms with van der Waals surface area (Å²) in [6.45, 7) is 5.13. The molecule has 0 bridgehead atoms. The van der Waals surface area contributed by atoms with E-state index in [1.807, 2.05) is 13.8 Å². The predicted molar refractivity (Wildman–Crippen MR) is 60.9 cm³/mol. The van der Waals surface area contributed by atoms with Crippen molar-refractivity contribution in [2.24, 2.45) is 0 Å². The molecule has 0 spiro atoms. The van der Waals surface area contributed by atoms with Crippen LogP contribution in [0, 0.1) is 0 Å². The molecular weight excluding hydrogens is 222 g/mol. The highest BCUT2D eigenvalue weighted by molar-refractivity contribution is 5.84. The minimum atomic E-state index is -1.06. The lowest BCUT2D eigenvalue weighted by atomic mass is 10.1. The van der Waals surface area contributed by atoms with Crippen molar-refractivity contribution in [1.82, 2.24) is 4.90 Å². The minimum Gasteiger partial charge on any atom is -0.475 e. The van der Waals surface area contributed by atoms with Crippen LogP contribution in [0.5, 0.6) is 0 Å². The monoisotopic (exact) mass is 239 g/mol. The first-order valence-electron chi connectivity index (χ1n) is 5.68. The summed E-state index contributed by atoms with van der Waals surface area (Å²) in [5, 5.41) is 18.7. The van der Waals surface area contributed by atoms with Gasteiger partial charge in [0.2, 0.25) is 5.76 Å². The Balaban J connectivity index is 2.09. The molecule has 2 heterocycles. The van der Waals surface area contributed by atoms with Crippen LogP contribution in [0.4, 0.5) is 0 Å². The predicted octanol–water partition coefficient (Wildman–Crippen LogP) is 1.50. The third-order valence-corrected chi connectivity index (χ3v) is 3.28. The van der Waals surface area contributed by atoms with Crippen LogP contribution in [0.1, 0.15) is 42.6 Å². The third kappa shape index (κ3) is 2.50. The zero-order valence-electron chi connectivity index (χ0n) is 10.0. The van der Waals surface area contributed by atoms with E-state index in [-0.39, 0.29) is 11.8 Å². The quantitative estimate of drug-likeness (QED) is 0.836. The van der Waals surface area contributed by atoms with Crippen molar-refractivity contribution in [3.63, 3.8) is 0 Å². The molecular formula is C12H17NO4. The van der Waals surface area contributed by atoms with Gasteiger partial charge in [-0.15, -0.1) is 0 Å². The van der Waals surface area contributed by atoms with E-state index in [1.165, 1.54) is 6.07 Å². The first-order chi connectivity index (χ1) is 7.89. The molecule has 1 saturated heterocycles. The Bertz CT molecular complexity index is 424. The molecule has 0 aromatic carbocycles. The van der Waals surface area contributed by atoms with Crippen LogP contribution in [-0.2, 0) is 0 Å². The summed E-state index contributed by atoms with van der Waals surface area (Å²) in [6, 6.07) is 3.13. The lowest BCUT2D eigenvalue weighted by molar-refractivity contribution is 0.0595. The summed E-state index contributed by atoms with van der Waals surface area (Å²) >= 11 is 0. The molecule has 2 rings (SSSR count). The molecule has 2 unspecified atom stereocenters. The number of carboxylic acid groups (broad SMARTS) is 1. The summed E-state index contributed by atoms with van der Waals surface area (Å²) in [7, 11) is 0. The Morgan fingerprint density at radius 3 is 2.76 bits per heavy atom. The van der Waals surface area contributed by atoms with Crippen molar-refractivity contribution in [1.29, 1.82) is 0 Å². The highest BCUT2D eigenvalue weighted by Gasteiger charge is 2.35. The molecule has 5 nitrogen and oxygen atoms in total. The molecule has 17 heavy (non-hydrogen) atoms. The number of carbonyl (C=O) groups is 1. The molecule has 0 amide bonds. The van der Waals surface area contributed by atoms with Gasteiger partial charge in [0.25, 0.3) is 0 Å². The average Bonchev–Trinajstić information content (AvgIpc) is 2.83. The van der Waals surface area contributed by atoms with E-state index in [9.17, 15) is 9.90 Å². The number of nitrogens with zero attached hydrogens (tertiary/aromatic N) is 1. The molecule has 2 atom stereocenters. The molecule has 1 aromatic heterocycles. The maximum Gasteiger partial charge on any atom is 0.371 e. The summed E-state index contributed by atoms with van der Waals surface area (Å²) in [5.41, 5.74) is -0.656. The number of likely N-dealkylation sites (tertiary alicyclic amines) is 1. The smallest absolute Gasteiger partial charge is 0.371 e. The van der Waals surface area contributed by atoms with E-state index in [4.69, 9.17) is 9.52 Å². The van der Waals surface area contributed by atoms with Gasteiger partial charge < -0.3 is 14.6 Å². The molecule has 1 aliphatic heterocycles. The number of β-amino-alcohol motifs (C(OH)–C–C–N with tert-alkyl or cyclic N) is 1. The fraction of sp³-hybridized carbons (Fsp3) is 0.583. The number of furan rings is 1. The molecule has 0 aliphatic carbocycles. The normalized spacial score (nSPS) is 27.2. The maximum absolute atomic E-state index is 10.7. The van der Waals surface area contributed by atoms with Crippen molar-refractivity contribution in [3.8, 4) is 0 Å². The number of hydrogen-bond donors (Lipinski definition) is 2. The molecule has 1 aromatic rings. The Morgan fingerprint density at radius 1 is 1.59 bits per heavy atom. The van der Waals surface area contributed by atoms with Crippen molar-refractivity contribution in [2.75, 3.05) is 13.1 Å². The van der Waals surface area contributed by atoms with Crippen LogP contribution >= 0.6 is 0 Å². The fourth-order valence-corrected chi connectivity index (χ4v) is 2.18. The SMILES string of the molecule is CC(c1ccc(C(=O)O)o1)N1CCC(C)(O)C1. The van der Waals surface area contributed by atoms with Gasteiger partial charge in [-0.25, -0.2) is 4.79 Å². The van der Waals surface area contributed by atoms with Gasteiger partial charge in [-0.3, -0.25) is 4.90 Å². The minimum absolute atomic E-state index is 0.0166. The number of hydrogen-bond acceptors (Lipinski definition) is 4. The standard InChI is InChI=1S/C12H17NO4/c1-8(13-6-5-12(2,16)7-13)9-3-4-10(17-9)11(14)15/h3-4,8,16H,5-7H2,1-2H3,(H,14,15). The van der Waals surface area contributed by atoms with Gasteiger partial charge in [0.1, 0.15) is 5.76 Å². The largest absolute Gasteiger partial charge is 0.475 e. The molecule has 5 heteroatoms. The maximum atomic E-state index is 10.7. The first-order valence-corrected chi connectivity index (χ1v) is 5.68. The van der Waals surface area contributed by atoms with E-state index >= 15 is 0 Å². The Hall–Kier alpha value is -1.33. The van der Waals surface area contributed by atoms with E-state index in [0.717, 1.165) is 13.0 Å². The van der Waals surface area contributed by atoms with Crippen molar-refractivity contribution < 1.29 is 19.4 Å². The molecule has 2 N–H and O–H groups in total. The lowest BCUT2D eigenvalue weighted by Gasteiger charge is -2.23. The first kappa shape index (κ1) is 12.1. The van der Waals surface area contributed by atoms with Crippen molar-refractivity contribution >= 4 is 5.97 Å². The summed E-state index contributed by atoms with van der Waals surface area (Å²) in [5.74, 6) is -0.477. The van der Waals surface area contributed by atoms with Gasteiger partial charge in [-0.05, 0) is 32.4 Å². The van der Waals surface area contributed by atoms with Gasteiger partial charge in [0.05, 0.1) is 11.6 Å². The molecule has 94 valence electrons. The van der Waals surface area contributed by atoms with Gasteiger partial charge in [-0.1, -0.05) is 0 Å². The highest BCUT2D eigenvalue weighted by Crippen LogP contribution is 2.30.